The molecule has 1 rings (SSSR count). The van der Waals surface area contributed by atoms with E-state index in [4.69, 9.17) is 10.8 Å². The molecular formula is C11H14F2N2O3. The van der Waals surface area contributed by atoms with Crippen LogP contribution in [0.4, 0.5) is 8.78 Å². The molecule has 0 aliphatic carbocycles. The van der Waals surface area contributed by atoms with Crippen molar-refractivity contribution in [2.24, 2.45) is 5.73 Å². The molecule has 18 heavy (non-hydrogen) atoms. The number of benzene rings is 1. The van der Waals surface area contributed by atoms with E-state index < -0.39 is 23.6 Å². The standard InChI is InChI=1S/C11H14F2N2O3/c1-18-10-3-7(12)6(2-8(10)13)5-15-11(17)9(16)4-14/h2-3,9,16H,4-5,14H2,1H3,(H,15,17). The number of aliphatic hydroxyl groups is 1. The second-order valence-corrected chi connectivity index (χ2v) is 3.55. The zero-order valence-electron chi connectivity index (χ0n) is 9.74. The summed E-state index contributed by atoms with van der Waals surface area (Å²) >= 11 is 0. The Morgan fingerprint density at radius 1 is 1.50 bits per heavy atom. The summed E-state index contributed by atoms with van der Waals surface area (Å²) in [5.41, 5.74) is 5.02. The molecule has 1 amide bonds. The molecule has 100 valence electrons. The molecule has 0 aliphatic rings. The van der Waals surface area contributed by atoms with Crippen LogP contribution in [0.3, 0.4) is 0 Å². The van der Waals surface area contributed by atoms with E-state index in [-0.39, 0.29) is 24.4 Å². The molecule has 0 aliphatic heterocycles. The summed E-state index contributed by atoms with van der Waals surface area (Å²) in [5, 5.41) is 11.3. The molecule has 4 N–H and O–H groups in total. The lowest BCUT2D eigenvalue weighted by atomic mass is 10.2. The lowest BCUT2D eigenvalue weighted by Gasteiger charge is -2.11. The first-order valence-electron chi connectivity index (χ1n) is 5.17. The van der Waals surface area contributed by atoms with Crippen molar-refractivity contribution in [3.05, 3.63) is 29.3 Å². The maximum Gasteiger partial charge on any atom is 0.250 e. The van der Waals surface area contributed by atoms with Gasteiger partial charge in [0.2, 0.25) is 5.91 Å². The van der Waals surface area contributed by atoms with Gasteiger partial charge in [0.05, 0.1) is 7.11 Å². The number of aliphatic hydroxyl groups excluding tert-OH is 1. The van der Waals surface area contributed by atoms with Crippen molar-refractivity contribution in [3.63, 3.8) is 0 Å². The quantitative estimate of drug-likeness (QED) is 0.690. The molecule has 7 heteroatoms. The Kier molecular flexibility index (Phi) is 4.99. The average Bonchev–Trinajstić information content (AvgIpc) is 2.37. The van der Waals surface area contributed by atoms with Crippen LogP contribution in [-0.2, 0) is 11.3 Å². The lowest BCUT2D eigenvalue weighted by molar-refractivity contribution is -0.128. The van der Waals surface area contributed by atoms with Crippen LogP contribution in [0.1, 0.15) is 5.56 Å². The number of halogens is 2. The van der Waals surface area contributed by atoms with Crippen LogP contribution in [0.25, 0.3) is 0 Å². The van der Waals surface area contributed by atoms with E-state index in [9.17, 15) is 13.6 Å². The van der Waals surface area contributed by atoms with Crippen molar-refractivity contribution in [1.29, 1.82) is 0 Å². The Balaban J connectivity index is 2.74. The first-order chi connectivity index (χ1) is 8.49. The number of carbonyl (C=O) groups is 1. The van der Waals surface area contributed by atoms with Gasteiger partial charge in [-0.2, -0.15) is 0 Å². The molecule has 0 fully saturated rings. The fourth-order valence-electron chi connectivity index (χ4n) is 1.27. The third kappa shape index (κ3) is 3.38. The Morgan fingerprint density at radius 2 is 2.17 bits per heavy atom. The van der Waals surface area contributed by atoms with E-state index in [0.717, 1.165) is 12.1 Å². The van der Waals surface area contributed by atoms with Crippen LogP contribution in [0, 0.1) is 11.6 Å². The van der Waals surface area contributed by atoms with Crippen molar-refractivity contribution < 1.29 is 23.4 Å². The van der Waals surface area contributed by atoms with Gasteiger partial charge >= 0.3 is 0 Å². The molecule has 0 aromatic heterocycles. The zero-order chi connectivity index (χ0) is 13.7. The molecule has 0 saturated heterocycles. The normalized spacial score (nSPS) is 12.1. The highest BCUT2D eigenvalue weighted by atomic mass is 19.1. The number of carbonyl (C=O) groups excluding carboxylic acids is 1. The van der Waals surface area contributed by atoms with E-state index in [1.165, 1.54) is 7.11 Å². The van der Waals surface area contributed by atoms with Crippen molar-refractivity contribution in [1.82, 2.24) is 5.32 Å². The highest BCUT2D eigenvalue weighted by Crippen LogP contribution is 2.21. The summed E-state index contributed by atoms with van der Waals surface area (Å²) in [6.07, 6.45) is -1.36. The van der Waals surface area contributed by atoms with Crippen molar-refractivity contribution in [2.45, 2.75) is 12.6 Å². The SMILES string of the molecule is COc1cc(F)c(CNC(=O)C(O)CN)cc1F. The topological polar surface area (TPSA) is 84.6 Å². The van der Waals surface area contributed by atoms with E-state index in [2.05, 4.69) is 10.1 Å². The molecule has 1 aromatic carbocycles. The summed E-state index contributed by atoms with van der Waals surface area (Å²) in [6, 6.07) is 1.81. The van der Waals surface area contributed by atoms with Gasteiger partial charge < -0.3 is 20.9 Å². The molecule has 0 saturated carbocycles. The van der Waals surface area contributed by atoms with E-state index in [0.29, 0.717) is 0 Å². The molecule has 1 aromatic rings. The lowest BCUT2D eigenvalue weighted by Crippen LogP contribution is -2.38. The first-order valence-corrected chi connectivity index (χ1v) is 5.17. The Hall–Kier alpha value is -1.73. The number of hydrogen-bond donors (Lipinski definition) is 3. The summed E-state index contributed by atoms with van der Waals surface area (Å²) in [6.45, 7) is -0.492. The van der Waals surface area contributed by atoms with Crippen LogP contribution in [-0.4, -0.2) is 30.8 Å². The van der Waals surface area contributed by atoms with Crippen LogP contribution in [0.5, 0.6) is 5.75 Å². The minimum atomic E-state index is -1.36. The fraction of sp³-hybridized carbons (Fsp3) is 0.364. The molecule has 0 spiro atoms. The van der Waals surface area contributed by atoms with Gasteiger partial charge in [-0.1, -0.05) is 0 Å². The number of amides is 1. The van der Waals surface area contributed by atoms with Gasteiger partial charge in [0, 0.05) is 24.7 Å². The maximum atomic E-state index is 13.5. The van der Waals surface area contributed by atoms with Gasteiger partial charge in [-0.25, -0.2) is 8.78 Å². The highest BCUT2D eigenvalue weighted by Gasteiger charge is 2.14. The monoisotopic (exact) mass is 260 g/mol. The molecule has 0 bridgehead atoms. The van der Waals surface area contributed by atoms with E-state index >= 15 is 0 Å². The van der Waals surface area contributed by atoms with Gasteiger partial charge in [-0.15, -0.1) is 0 Å². The molecule has 1 atom stereocenters. The number of nitrogens with two attached hydrogens (primary N) is 1. The second-order valence-electron chi connectivity index (χ2n) is 3.55. The Morgan fingerprint density at radius 3 is 2.72 bits per heavy atom. The maximum absolute atomic E-state index is 13.5. The van der Waals surface area contributed by atoms with Crippen molar-refractivity contribution in [2.75, 3.05) is 13.7 Å². The van der Waals surface area contributed by atoms with Crippen LogP contribution >= 0.6 is 0 Å². The third-order valence-corrected chi connectivity index (χ3v) is 2.30. The molecule has 0 heterocycles. The van der Waals surface area contributed by atoms with E-state index in [1.54, 1.807) is 0 Å². The predicted octanol–water partition coefficient (Wildman–Crippen LogP) is -0.0908. The van der Waals surface area contributed by atoms with Gasteiger partial charge in [-0.3, -0.25) is 4.79 Å². The smallest absolute Gasteiger partial charge is 0.250 e. The van der Waals surface area contributed by atoms with Crippen LogP contribution < -0.4 is 15.8 Å². The first kappa shape index (κ1) is 14.3. The van der Waals surface area contributed by atoms with E-state index in [1.807, 2.05) is 0 Å². The Bertz CT molecular complexity index is 441. The summed E-state index contributed by atoms with van der Waals surface area (Å²) in [7, 11) is 1.22. The number of hydrogen-bond acceptors (Lipinski definition) is 4. The summed E-state index contributed by atoms with van der Waals surface area (Å²) in [4.78, 5) is 11.2. The minimum absolute atomic E-state index is 0.0501. The molecule has 5 nitrogen and oxygen atoms in total. The molecular weight excluding hydrogens is 246 g/mol. The average molecular weight is 260 g/mol. The number of methoxy groups -OCH3 is 1. The largest absolute Gasteiger partial charge is 0.494 e. The highest BCUT2D eigenvalue weighted by molar-refractivity contribution is 5.80. The number of ether oxygens (including phenoxy) is 1. The van der Waals surface area contributed by atoms with Crippen LogP contribution in [0.2, 0.25) is 0 Å². The minimum Gasteiger partial charge on any atom is -0.494 e. The fourth-order valence-corrected chi connectivity index (χ4v) is 1.27. The zero-order valence-corrected chi connectivity index (χ0v) is 9.74. The predicted molar refractivity (Wildman–Crippen MR) is 59.8 cm³/mol. The van der Waals surface area contributed by atoms with Crippen molar-refractivity contribution >= 4 is 5.91 Å². The number of rotatable bonds is 5. The Labute approximate surface area is 103 Å². The van der Waals surface area contributed by atoms with Crippen LogP contribution in [0.15, 0.2) is 12.1 Å². The van der Waals surface area contributed by atoms with Gasteiger partial charge in [-0.05, 0) is 6.07 Å². The second kappa shape index (κ2) is 6.27. The summed E-state index contributed by atoms with van der Waals surface area (Å²) < 4.78 is 31.4. The van der Waals surface area contributed by atoms with Gasteiger partial charge in [0.25, 0.3) is 0 Å². The summed E-state index contributed by atoms with van der Waals surface area (Å²) in [5.74, 6) is -2.41. The van der Waals surface area contributed by atoms with Crippen molar-refractivity contribution in [3.8, 4) is 5.75 Å². The molecule has 0 radical (unpaired) electrons. The molecule has 1 unspecified atom stereocenters. The van der Waals surface area contributed by atoms with Gasteiger partial charge in [0.1, 0.15) is 11.9 Å². The number of nitrogens with one attached hydrogen (secondary N) is 1. The third-order valence-electron chi connectivity index (χ3n) is 2.30. The van der Waals surface area contributed by atoms with Gasteiger partial charge in [0.15, 0.2) is 11.6 Å².